The van der Waals surface area contributed by atoms with E-state index in [1.54, 1.807) is 30.3 Å². The zero-order valence-corrected chi connectivity index (χ0v) is 16.7. The largest absolute Gasteiger partial charge is 0.350 e. The average Bonchev–Trinajstić information content (AvgIpc) is 2.92. The van der Waals surface area contributed by atoms with Gasteiger partial charge < -0.3 is 10.6 Å². The van der Waals surface area contributed by atoms with Crippen LogP contribution in [0.15, 0.2) is 42.5 Å². The van der Waals surface area contributed by atoms with Crippen LogP contribution < -0.4 is 10.6 Å². The molecule has 0 aliphatic carbocycles. The maximum absolute atomic E-state index is 12.3. The van der Waals surface area contributed by atoms with E-state index in [-0.39, 0.29) is 35.6 Å². The van der Waals surface area contributed by atoms with Crippen LogP contribution in [0.1, 0.15) is 51.3 Å². The van der Waals surface area contributed by atoms with Crippen LogP contribution in [-0.2, 0) is 4.79 Å². The maximum atomic E-state index is 12.3. The number of hydrogen-bond donors (Lipinski definition) is 2. The Labute approximate surface area is 173 Å². The van der Waals surface area contributed by atoms with Crippen LogP contribution in [-0.4, -0.2) is 41.1 Å². The fourth-order valence-corrected chi connectivity index (χ4v) is 3.14. The summed E-state index contributed by atoms with van der Waals surface area (Å²) in [7, 11) is 0. The van der Waals surface area contributed by atoms with Crippen LogP contribution in [0.4, 0.5) is 5.69 Å². The Morgan fingerprint density at radius 1 is 1.03 bits per heavy atom. The highest BCUT2D eigenvalue weighted by molar-refractivity contribution is 6.34. The highest BCUT2D eigenvalue weighted by atomic mass is 35.5. The predicted molar refractivity (Wildman–Crippen MR) is 109 cm³/mol. The van der Waals surface area contributed by atoms with Crippen molar-refractivity contribution in [3.05, 3.63) is 64.2 Å². The van der Waals surface area contributed by atoms with Crippen LogP contribution >= 0.6 is 11.6 Å². The van der Waals surface area contributed by atoms with Crippen LogP contribution in [0, 0.1) is 0 Å². The lowest BCUT2D eigenvalue weighted by Gasteiger charge is -2.14. The first-order valence-electron chi connectivity index (χ1n) is 9.13. The number of carbonyl (C=O) groups excluding carboxylic acids is 4. The Balaban J connectivity index is 1.64. The SMILES string of the molecule is CC(C)NC(=O)c1ccc(Cl)c(NC(=O)CCN2C(=O)c3ccccc3C2=O)c1. The van der Waals surface area contributed by atoms with Crippen LogP contribution in [0.5, 0.6) is 0 Å². The zero-order chi connectivity index (χ0) is 21.1. The van der Waals surface area contributed by atoms with Gasteiger partial charge in [0.05, 0.1) is 21.8 Å². The molecule has 0 saturated heterocycles. The Morgan fingerprint density at radius 3 is 2.24 bits per heavy atom. The molecule has 8 heteroatoms. The molecule has 3 rings (SSSR count). The number of fused-ring (bicyclic) bond motifs is 1. The van der Waals surface area contributed by atoms with Crippen LogP contribution in [0.2, 0.25) is 5.02 Å². The van der Waals surface area contributed by atoms with Crippen molar-refractivity contribution in [1.29, 1.82) is 0 Å². The third-order valence-corrected chi connectivity index (χ3v) is 4.69. The number of nitrogens with zero attached hydrogens (tertiary/aromatic N) is 1. The molecule has 0 spiro atoms. The van der Waals surface area contributed by atoms with Crippen molar-refractivity contribution in [2.75, 3.05) is 11.9 Å². The summed E-state index contributed by atoms with van der Waals surface area (Å²) in [5.41, 5.74) is 1.32. The van der Waals surface area contributed by atoms with Gasteiger partial charge in [-0.25, -0.2) is 0 Å². The van der Waals surface area contributed by atoms with E-state index in [4.69, 9.17) is 11.6 Å². The number of benzene rings is 2. The fraction of sp³-hybridized carbons (Fsp3) is 0.238. The Bertz CT molecular complexity index is 968. The monoisotopic (exact) mass is 413 g/mol. The van der Waals surface area contributed by atoms with E-state index in [0.29, 0.717) is 16.7 Å². The van der Waals surface area contributed by atoms with E-state index in [2.05, 4.69) is 10.6 Å². The minimum atomic E-state index is -0.426. The van der Waals surface area contributed by atoms with Gasteiger partial charge in [0.1, 0.15) is 0 Å². The minimum Gasteiger partial charge on any atom is -0.350 e. The summed E-state index contributed by atoms with van der Waals surface area (Å²) < 4.78 is 0. The van der Waals surface area contributed by atoms with E-state index >= 15 is 0 Å². The van der Waals surface area contributed by atoms with E-state index in [0.717, 1.165) is 4.90 Å². The average molecular weight is 414 g/mol. The number of rotatable bonds is 6. The molecule has 0 fully saturated rings. The lowest BCUT2D eigenvalue weighted by molar-refractivity contribution is -0.116. The minimum absolute atomic E-state index is 0.0316. The Hall–Kier alpha value is -3.19. The molecular formula is C21H20ClN3O4. The number of amides is 4. The normalized spacial score (nSPS) is 12.9. The first-order valence-corrected chi connectivity index (χ1v) is 9.51. The molecule has 2 aromatic carbocycles. The second-order valence-electron chi connectivity index (χ2n) is 6.93. The van der Waals surface area contributed by atoms with Crippen LogP contribution in [0.25, 0.3) is 0 Å². The molecular weight excluding hydrogens is 394 g/mol. The summed E-state index contributed by atoms with van der Waals surface area (Å²) in [6, 6.07) is 11.1. The van der Waals surface area contributed by atoms with Gasteiger partial charge in [-0.1, -0.05) is 23.7 Å². The highest BCUT2D eigenvalue weighted by Crippen LogP contribution is 2.25. The number of carbonyl (C=O) groups is 4. The topological polar surface area (TPSA) is 95.6 Å². The quantitative estimate of drug-likeness (QED) is 0.711. The van der Waals surface area contributed by atoms with E-state index in [9.17, 15) is 19.2 Å². The summed E-state index contributed by atoms with van der Waals surface area (Å²) in [5.74, 6) is -1.53. The molecule has 0 aromatic heterocycles. The van der Waals surface area contributed by atoms with Crippen molar-refractivity contribution in [2.24, 2.45) is 0 Å². The molecule has 150 valence electrons. The third-order valence-electron chi connectivity index (χ3n) is 4.36. The van der Waals surface area contributed by atoms with E-state index < -0.39 is 17.7 Å². The van der Waals surface area contributed by atoms with Crippen molar-refractivity contribution in [1.82, 2.24) is 10.2 Å². The van der Waals surface area contributed by atoms with Crippen molar-refractivity contribution in [3.8, 4) is 0 Å². The fourth-order valence-electron chi connectivity index (χ4n) is 2.98. The van der Waals surface area contributed by atoms with Crippen molar-refractivity contribution >= 4 is 40.9 Å². The first-order chi connectivity index (χ1) is 13.8. The number of nitrogens with one attached hydrogen (secondary N) is 2. The van der Waals surface area contributed by atoms with Gasteiger partial charge in [0, 0.05) is 24.6 Å². The summed E-state index contributed by atoms with van der Waals surface area (Å²) >= 11 is 6.12. The molecule has 0 radical (unpaired) electrons. The Kier molecular flexibility index (Phi) is 5.98. The maximum Gasteiger partial charge on any atom is 0.261 e. The lowest BCUT2D eigenvalue weighted by Crippen LogP contribution is -2.33. The van der Waals surface area contributed by atoms with Gasteiger partial charge in [-0.15, -0.1) is 0 Å². The molecule has 2 aromatic rings. The predicted octanol–water partition coefficient (Wildman–Crippen LogP) is 3.10. The number of anilines is 1. The zero-order valence-electron chi connectivity index (χ0n) is 16.0. The van der Waals surface area contributed by atoms with Crippen LogP contribution in [0.3, 0.4) is 0 Å². The second kappa shape index (κ2) is 8.45. The molecule has 1 aliphatic heterocycles. The number of halogens is 1. The molecule has 4 amide bonds. The molecule has 2 N–H and O–H groups in total. The molecule has 7 nitrogen and oxygen atoms in total. The molecule has 0 saturated carbocycles. The molecule has 0 atom stereocenters. The summed E-state index contributed by atoms with van der Waals surface area (Å²) in [5, 5.41) is 5.67. The highest BCUT2D eigenvalue weighted by Gasteiger charge is 2.34. The number of imide groups is 1. The van der Waals surface area contributed by atoms with Gasteiger partial charge in [-0.3, -0.25) is 24.1 Å². The molecule has 0 unspecified atom stereocenters. The lowest BCUT2D eigenvalue weighted by atomic mass is 10.1. The van der Waals surface area contributed by atoms with E-state index in [1.165, 1.54) is 12.1 Å². The van der Waals surface area contributed by atoms with E-state index in [1.807, 2.05) is 13.8 Å². The van der Waals surface area contributed by atoms with Gasteiger partial charge in [0.25, 0.3) is 17.7 Å². The number of hydrogen-bond acceptors (Lipinski definition) is 4. The third kappa shape index (κ3) is 4.46. The smallest absolute Gasteiger partial charge is 0.261 e. The van der Waals surface area contributed by atoms with Gasteiger partial charge in [-0.05, 0) is 44.2 Å². The standard InChI is InChI=1S/C21H20ClN3O4/c1-12(2)23-19(27)13-7-8-16(22)17(11-13)24-18(26)9-10-25-20(28)14-5-3-4-6-15(14)21(25)29/h3-8,11-12H,9-10H2,1-2H3,(H,23,27)(H,24,26). The molecule has 1 aliphatic rings. The first kappa shape index (κ1) is 20.5. The van der Waals surface area contributed by atoms with Gasteiger partial charge in [0.2, 0.25) is 5.91 Å². The van der Waals surface area contributed by atoms with Gasteiger partial charge in [-0.2, -0.15) is 0 Å². The summed E-state index contributed by atoms with van der Waals surface area (Å²) in [6.45, 7) is 3.63. The second-order valence-corrected chi connectivity index (χ2v) is 7.34. The summed E-state index contributed by atoms with van der Waals surface area (Å²) in [6.07, 6.45) is -0.0930. The van der Waals surface area contributed by atoms with Crippen molar-refractivity contribution < 1.29 is 19.2 Å². The van der Waals surface area contributed by atoms with Gasteiger partial charge >= 0.3 is 0 Å². The van der Waals surface area contributed by atoms with Gasteiger partial charge in [0.15, 0.2) is 0 Å². The molecule has 0 bridgehead atoms. The molecule has 29 heavy (non-hydrogen) atoms. The van der Waals surface area contributed by atoms with Crippen molar-refractivity contribution in [2.45, 2.75) is 26.3 Å². The summed E-state index contributed by atoms with van der Waals surface area (Å²) in [4.78, 5) is 50.2. The molecule has 1 heterocycles. The van der Waals surface area contributed by atoms with Crippen molar-refractivity contribution in [3.63, 3.8) is 0 Å². The Morgan fingerprint density at radius 2 is 1.66 bits per heavy atom.